The van der Waals surface area contributed by atoms with Crippen LogP contribution in [-0.4, -0.2) is 24.9 Å². The fourth-order valence-corrected chi connectivity index (χ4v) is 2.69. The lowest BCUT2D eigenvalue weighted by Crippen LogP contribution is -2.23. The molecular formula is C14H18N4O2S. The third-order valence-corrected chi connectivity index (χ3v) is 4.18. The molecule has 0 saturated carbocycles. The molecule has 0 fully saturated rings. The standard InChI is InChI=1S/C14H18N4O2S/c1-3-15-14-16-9-13(10-17-14)21(19,20)18-8-12-6-4-5-11(2)7-12/h4-7,9-10,18H,3,8H2,1-2H3,(H,15,16,17). The van der Waals surface area contributed by atoms with E-state index in [1.54, 1.807) is 0 Å². The third-order valence-electron chi connectivity index (χ3n) is 2.82. The maximum absolute atomic E-state index is 12.1. The van der Waals surface area contributed by atoms with Crippen LogP contribution in [0.1, 0.15) is 18.1 Å². The smallest absolute Gasteiger partial charge is 0.243 e. The van der Waals surface area contributed by atoms with Crippen molar-refractivity contribution in [3.63, 3.8) is 0 Å². The van der Waals surface area contributed by atoms with Gasteiger partial charge >= 0.3 is 0 Å². The number of hydrogen-bond acceptors (Lipinski definition) is 5. The first kappa shape index (κ1) is 15.4. The molecule has 0 bridgehead atoms. The van der Waals surface area contributed by atoms with E-state index in [0.29, 0.717) is 12.5 Å². The van der Waals surface area contributed by atoms with Crippen LogP contribution in [0.3, 0.4) is 0 Å². The van der Waals surface area contributed by atoms with E-state index in [-0.39, 0.29) is 11.4 Å². The predicted molar refractivity (Wildman–Crippen MR) is 81.4 cm³/mol. The first-order valence-electron chi connectivity index (χ1n) is 6.62. The Bertz CT molecular complexity index is 699. The number of nitrogens with zero attached hydrogens (tertiary/aromatic N) is 2. The van der Waals surface area contributed by atoms with Gasteiger partial charge in [0, 0.05) is 13.1 Å². The summed E-state index contributed by atoms with van der Waals surface area (Å²) in [6.45, 7) is 4.79. The number of anilines is 1. The fraction of sp³-hybridized carbons (Fsp3) is 0.286. The molecule has 0 aliphatic heterocycles. The average Bonchev–Trinajstić information content (AvgIpc) is 2.46. The Morgan fingerprint density at radius 1 is 1.19 bits per heavy atom. The number of hydrogen-bond donors (Lipinski definition) is 2. The van der Waals surface area contributed by atoms with E-state index in [4.69, 9.17) is 0 Å². The van der Waals surface area contributed by atoms with Crippen molar-refractivity contribution < 1.29 is 8.42 Å². The Balaban J connectivity index is 2.07. The van der Waals surface area contributed by atoms with E-state index >= 15 is 0 Å². The van der Waals surface area contributed by atoms with Gasteiger partial charge in [0.1, 0.15) is 4.90 Å². The quantitative estimate of drug-likeness (QED) is 0.848. The second-order valence-electron chi connectivity index (χ2n) is 4.59. The second-order valence-corrected chi connectivity index (χ2v) is 6.35. The van der Waals surface area contributed by atoms with Crippen molar-refractivity contribution in [1.82, 2.24) is 14.7 Å². The first-order chi connectivity index (χ1) is 10.0. The molecule has 112 valence electrons. The zero-order chi connectivity index (χ0) is 15.3. The van der Waals surface area contributed by atoms with E-state index in [9.17, 15) is 8.42 Å². The molecule has 0 saturated heterocycles. The van der Waals surface area contributed by atoms with Crippen LogP contribution in [0, 0.1) is 6.92 Å². The molecule has 2 N–H and O–H groups in total. The molecule has 6 nitrogen and oxygen atoms in total. The van der Waals surface area contributed by atoms with Crippen LogP contribution in [0.5, 0.6) is 0 Å². The Kier molecular flexibility index (Phi) is 4.87. The SMILES string of the molecule is CCNc1ncc(S(=O)(=O)NCc2cccc(C)c2)cn1. The topological polar surface area (TPSA) is 84.0 Å². The molecule has 1 heterocycles. The Labute approximate surface area is 124 Å². The van der Waals surface area contributed by atoms with Gasteiger partial charge in [0.25, 0.3) is 0 Å². The van der Waals surface area contributed by atoms with Gasteiger partial charge in [-0.2, -0.15) is 0 Å². The summed E-state index contributed by atoms with van der Waals surface area (Å²) >= 11 is 0. The number of nitrogens with one attached hydrogen (secondary N) is 2. The molecule has 0 aliphatic rings. The van der Waals surface area contributed by atoms with E-state index in [1.807, 2.05) is 38.1 Å². The maximum Gasteiger partial charge on any atom is 0.243 e. The largest absolute Gasteiger partial charge is 0.355 e. The minimum atomic E-state index is -3.61. The Morgan fingerprint density at radius 3 is 2.52 bits per heavy atom. The molecule has 0 unspecified atom stereocenters. The Hall–Kier alpha value is -1.99. The lowest BCUT2D eigenvalue weighted by atomic mass is 10.1. The average molecular weight is 306 g/mol. The van der Waals surface area contributed by atoms with Crippen molar-refractivity contribution in [2.75, 3.05) is 11.9 Å². The van der Waals surface area contributed by atoms with Crippen LogP contribution in [0.25, 0.3) is 0 Å². The molecule has 0 radical (unpaired) electrons. The molecule has 2 aromatic rings. The summed E-state index contributed by atoms with van der Waals surface area (Å²) in [7, 11) is -3.61. The highest BCUT2D eigenvalue weighted by Gasteiger charge is 2.14. The summed E-state index contributed by atoms with van der Waals surface area (Å²) in [5, 5.41) is 2.91. The van der Waals surface area contributed by atoms with Crippen LogP contribution in [0.15, 0.2) is 41.6 Å². The van der Waals surface area contributed by atoms with E-state index in [0.717, 1.165) is 11.1 Å². The normalized spacial score (nSPS) is 11.3. The summed E-state index contributed by atoms with van der Waals surface area (Å²) < 4.78 is 26.8. The van der Waals surface area contributed by atoms with Gasteiger partial charge in [-0.3, -0.25) is 0 Å². The van der Waals surface area contributed by atoms with Crippen molar-refractivity contribution in [2.45, 2.75) is 25.3 Å². The lowest BCUT2D eigenvalue weighted by Gasteiger charge is -2.07. The minimum absolute atomic E-state index is 0.0526. The highest BCUT2D eigenvalue weighted by Crippen LogP contribution is 2.09. The van der Waals surface area contributed by atoms with Crippen molar-refractivity contribution in [3.8, 4) is 0 Å². The maximum atomic E-state index is 12.1. The van der Waals surface area contributed by atoms with Gasteiger partial charge in [0.05, 0.1) is 12.4 Å². The summed E-state index contributed by atoms with van der Waals surface area (Å²) in [5.41, 5.74) is 1.99. The second kappa shape index (κ2) is 6.64. The van der Waals surface area contributed by atoms with Gasteiger partial charge in [-0.25, -0.2) is 23.1 Å². The predicted octanol–water partition coefficient (Wildman–Crippen LogP) is 1.70. The van der Waals surface area contributed by atoms with Gasteiger partial charge in [0.15, 0.2) is 0 Å². The highest BCUT2D eigenvalue weighted by molar-refractivity contribution is 7.89. The number of rotatable bonds is 6. The minimum Gasteiger partial charge on any atom is -0.355 e. The van der Waals surface area contributed by atoms with Crippen LogP contribution in [0.4, 0.5) is 5.95 Å². The van der Waals surface area contributed by atoms with Crippen molar-refractivity contribution in [3.05, 3.63) is 47.8 Å². The fourth-order valence-electron chi connectivity index (χ4n) is 1.79. The van der Waals surface area contributed by atoms with Gasteiger partial charge in [0.2, 0.25) is 16.0 Å². The van der Waals surface area contributed by atoms with Crippen molar-refractivity contribution in [2.24, 2.45) is 0 Å². The lowest BCUT2D eigenvalue weighted by molar-refractivity contribution is 0.580. The van der Waals surface area contributed by atoms with Gasteiger partial charge in [-0.15, -0.1) is 0 Å². The van der Waals surface area contributed by atoms with Crippen LogP contribution >= 0.6 is 0 Å². The van der Waals surface area contributed by atoms with Crippen molar-refractivity contribution >= 4 is 16.0 Å². The molecule has 0 aliphatic carbocycles. The number of aryl methyl sites for hydroxylation is 1. The third kappa shape index (κ3) is 4.24. The number of sulfonamides is 1. The zero-order valence-electron chi connectivity index (χ0n) is 12.0. The van der Waals surface area contributed by atoms with Crippen molar-refractivity contribution in [1.29, 1.82) is 0 Å². The van der Waals surface area contributed by atoms with Gasteiger partial charge in [-0.1, -0.05) is 29.8 Å². The molecule has 1 aromatic carbocycles. The molecule has 2 rings (SSSR count). The number of aromatic nitrogens is 2. The monoisotopic (exact) mass is 306 g/mol. The highest BCUT2D eigenvalue weighted by atomic mass is 32.2. The van der Waals surface area contributed by atoms with Gasteiger partial charge < -0.3 is 5.32 Å². The van der Waals surface area contributed by atoms with Crippen LogP contribution in [0.2, 0.25) is 0 Å². The zero-order valence-corrected chi connectivity index (χ0v) is 12.8. The molecule has 0 amide bonds. The van der Waals surface area contributed by atoms with Crippen LogP contribution in [-0.2, 0) is 16.6 Å². The van der Waals surface area contributed by atoms with Crippen LogP contribution < -0.4 is 10.0 Å². The van der Waals surface area contributed by atoms with E-state index < -0.39 is 10.0 Å². The molecule has 1 aromatic heterocycles. The van der Waals surface area contributed by atoms with Gasteiger partial charge in [-0.05, 0) is 19.4 Å². The molecule has 0 spiro atoms. The summed E-state index contributed by atoms with van der Waals surface area (Å²) in [6.07, 6.45) is 2.59. The molecule has 21 heavy (non-hydrogen) atoms. The van der Waals surface area contributed by atoms with E-state index in [2.05, 4.69) is 20.0 Å². The molecule has 0 atom stereocenters. The molecular weight excluding hydrogens is 288 g/mol. The first-order valence-corrected chi connectivity index (χ1v) is 8.10. The molecule has 7 heteroatoms. The Morgan fingerprint density at radius 2 is 1.90 bits per heavy atom. The summed E-state index contributed by atoms with van der Waals surface area (Å²) in [4.78, 5) is 7.98. The summed E-state index contributed by atoms with van der Waals surface area (Å²) in [6, 6.07) is 7.67. The number of benzene rings is 1. The van der Waals surface area contributed by atoms with E-state index in [1.165, 1.54) is 12.4 Å². The summed E-state index contributed by atoms with van der Waals surface area (Å²) in [5.74, 6) is 0.412.